The van der Waals surface area contributed by atoms with Crippen molar-refractivity contribution in [2.24, 2.45) is 0 Å². The fourth-order valence-electron chi connectivity index (χ4n) is 4.34. The Labute approximate surface area is 225 Å². The molecule has 0 amide bonds. The molecule has 0 saturated heterocycles. The summed E-state index contributed by atoms with van der Waals surface area (Å²) < 4.78 is 34.0. The molecule has 0 N–H and O–H groups in total. The van der Waals surface area contributed by atoms with Crippen LogP contribution in [0.2, 0.25) is 0 Å². The Morgan fingerprint density at radius 3 is 1.06 bits per heavy atom. The quantitative estimate of drug-likeness (QED) is 0.181. The Hall–Kier alpha value is -1.08. The molecule has 2 aromatic rings. The van der Waals surface area contributed by atoms with E-state index >= 15 is 0 Å². The molecule has 2 aromatic carbocycles. The first-order valence-corrected chi connectivity index (χ1v) is 16.5. The highest BCUT2D eigenvalue weighted by Gasteiger charge is 2.23. The average molecular weight is 539 g/mol. The van der Waals surface area contributed by atoms with E-state index in [4.69, 9.17) is 18.6 Å². The summed E-state index contributed by atoms with van der Waals surface area (Å²) in [7, 11) is -4.71. The molecule has 36 heavy (non-hydrogen) atoms. The van der Waals surface area contributed by atoms with Gasteiger partial charge in [-0.3, -0.25) is 0 Å². The second-order valence-electron chi connectivity index (χ2n) is 9.40. The smallest absolute Gasteiger partial charge is 0.160 e. The molecule has 0 fully saturated rings. The third-order valence-corrected chi connectivity index (χ3v) is 8.64. The second-order valence-corrected chi connectivity index (χ2v) is 12.3. The Morgan fingerprint density at radius 1 is 0.472 bits per heavy atom. The highest BCUT2D eigenvalue weighted by Crippen LogP contribution is 2.25. The van der Waals surface area contributed by atoms with Crippen molar-refractivity contribution in [2.45, 2.75) is 119 Å². The molecule has 0 atom stereocenters. The van der Waals surface area contributed by atoms with Gasteiger partial charge in [0.2, 0.25) is 0 Å². The molecule has 0 aliphatic rings. The lowest BCUT2D eigenvalue weighted by Gasteiger charge is -2.17. The van der Waals surface area contributed by atoms with Crippen molar-refractivity contribution in [3.05, 3.63) is 60.7 Å². The van der Waals surface area contributed by atoms with Crippen molar-refractivity contribution >= 4 is 10.9 Å². The molecule has 0 saturated carbocycles. The minimum atomic E-state index is -4.94. The molecule has 0 unspecified atom stereocenters. The molecule has 6 heteroatoms. The first kappa shape index (κ1) is 32.9. The van der Waals surface area contributed by atoms with Crippen LogP contribution in [0.1, 0.15) is 110 Å². The van der Waals surface area contributed by atoms with E-state index in [1.165, 1.54) is 118 Å². The van der Waals surface area contributed by atoms with Crippen molar-refractivity contribution < 1.29 is 28.9 Å². The van der Waals surface area contributed by atoms with Gasteiger partial charge in [-0.2, -0.15) is 0 Å². The van der Waals surface area contributed by atoms with Gasteiger partial charge >= 0.3 is 0 Å². The molecule has 2 rings (SSSR count). The Balaban J connectivity index is 0.00000118. The lowest BCUT2D eigenvalue weighted by Crippen LogP contribution is -2.68. The Morgan fingerprint density at radius 2 is 0.750 bits per heavy atom. The van der Waals surface area contributed by atoms with Gasteiger partial charge in [-0.05, 0) is 37.1 Å². The maximum atomic E-state index is 8.49. The standard InChI is InChI=1S/C30H47S.ClHO4/c1-2-3-4-5-6-7-8-9-10-11-12-13-14-15-16-23-28-31(29-24-19-17-20-25-29)30-26-21-18-22-27-30;2-1(3,4)5/h17-22,24-27H,2-16,23,28H2,1H3;(H,2,3,4,5)/q+1;/p-1. The first-order valence-electron chi connectivity index (χ1n) is 13.8. The molecule has 0 aromatic heterocycles. The summed E-state index contributed by atoms with van der Waals surface area (Å²) in [5, 5.41) is 0. The fraction of sp³-hybridized carbons (Fsp3) is 0.600. The van der Waals surface area contributed by atoms with Gasteiger partial charge in [0.05, 0.1) is 10.9 Å². The minimum absolute atomic E-state index is 0.231. The molecule has 0 aliphatic heterocycles. The maximum Gasteiger partial charge on any atom is 0.160 e. The van der Waals surface area contributed by atoms with Crippen LogP contribution in [0.5, 0.6) is 0 Å². The van der Waals surface area contributed by atoms with Crippen molar-refractivity contribution in [3.63, 3.8) is 0 Å². The average Bonchev–Trinajstić information content (AvgIpc) is 2.86. The second kappa shape index (κ2) is 22.0. The van der Waals surface area contributed by atoms with Crippen LogP contribution in [0.4, 0.5) is 0 Å². The SMILES string of the molecule is CCCCCCCCCCCCCCCCCC[S+](c1ccccc1)c1ccccc1.[O-][Cl+3]([O-])([O-])[O-]. The molecule has 4 nitrogen and oxygen atoms in total. The van der Waals surface area contributed by atoms with Crippen molar-refractivity contribution in [2.75, 3.05) is 5.75 Å². The lowest BCUT2D eigenvalue weighted by atomic mass is 10.0. The number of hydrogen-bond donors (Lipinski definition) is 0. The van der Waals surface area contributed by atoms with Crippen LogP contribution in [-0.2, 0) is 10.9 Å². The third-order valence-electron chi connectivity index (χ3n) is 6.26. The molecule has 0 spiro atoms. The van der Waals surface area contributed by atoms with Crippen LogP contribution in [0.25, 0.3) is 0 Å². The van der Waals surface area contributed by atoms with Crippen molar-refractivity contribution in [1.29, 1.82) is 0 Å². The van der Waals surface area contributed by atoms with Gasteiger partial charge in [0.25, 0.3) is 0 Å². The summed E-state index contributed by atoms with van der Waals surface area (Å²) in [6.07, 6.45) is 23.0. The Bertz CT molecular complexity index is 679. The van der Waals surface area contributed by atoms with Crippen LogP contribution in [-0.4, -0.2) is 5.75 Å². The van der Waals surface area contributed by atoms with Crippen LogP contribution < -0.4 is 18.6 Å². The zero-order valence-electron chi connectivity index (χ0n) is 22.2. The zero-order chi connectivity index (χ0) is 26.3. The predicted molar refractivity (Wildman–Crippen MR) is 141 cm³/mol. The molecule has 0 aliphatic carbocycles. The molecular weight excluding hydrogens is 492 g/mol. The predicted octanol–water partition coefficient (Wildman–Crippen LogP) is 5.23. The van der Waals surface area contributed by atoms with E-state index in [1.807, 2.05) is 0 Å². The molecule has 0 bridgehead atoms. The molecule has 0 radical (unpaired) electrons. The topological polar surface area (TPSA) is 92.2 Å². The van der Waals surface area contributed by atoms with Gasteiger partial charge in [-0.25, -0.2) is 18.6 Å². The van der Waals surface area contributed by atoms with Crippen LogP contribution in [0.3, 0.4) is 0 Å². The molecule has 204 valence electrons. The van der Waals surface area contributed by atoms with Crippen molar-refractivity contribution in [1.82, 2.24) is 0 Å². The van der Waals surface area contributed by atoms with Gasteiger partial charge in [0.1, 0.15) is 5.75 Å². The lowest BCUT2D eigenvalue weighted by molar-refractivity contribution is -2.00. The van der Waals surface area contributed by atoms with Crippen molar-refractivity contribution in [3.8, 4) is 0 Å². The summed E-state index contributed by atoms with van der Waals surface area (Å²) in [6, 6.07) is 22.2. The fourth-order valence-corrected chi connectivity index (χ4v) is 6.54. The van der Waals surface area contributed by atoms with E-state index in [1.54, 1.807) is 0 Å². The van der Waals surface area contributed by atoms with E-state index in [2.05, 4.69) is 67.6 Å². The van der Waals surface area contributed by atoms with Gasteiger partial charge in [-0.15, -0.1) is 10.2 Å². The van der Waals surface area contributed by atoms with Crippen LogP contribution >= 0.6 is 0 Å². The number of benzene rings is 2. The monoisotopic (exact) mass is 538 g/mol. The van der Waals surface area contributed by atoms with Gasteiger partial charge in [0, 0.05) is 0 Å². The summed E-state index contributed by atoms with van der Waals surface area (Å²) in [5.74, 6) is 1.30. The van der Waals surface area contributed by atoms with Crippen LogP contribution in [0.15, 0.2) is 70.5 Å². The summed E-state index contributed by atoms with van der Waals surface area (Å²) in [6.45, 7) is 2.30. The third kappa shape index (κ3) is 20.0. The maximum absolute atomic E-state index is 8.49. The summed E-state index contributed by atoms with van der Waals surface area (Å²) in [5.41, 5.74) is 0. The molecular formula is C30H47ClO4S. The van der Waals surface area contributed by atoms with E-state index < -0.39 is 10.2 Å². The number of hydrogen-bond acceptors (Lipinski definition) is 4. The van der Waals surface area contributed by atoms with E-state index in [0.717, 1.165) is 0 Å². The highest BCUT2D eigenvalue weighted by molar-refractivity contribution is 7.97. The Kier molecular flexibility index (Phi) is 20.1. The van der Waals surface area contributed by atoms with Gasteiger partial charge < -0.3 is 0 Å². The van der Waals surface area contributed by atoms with E-state index in [9.17, 15) is 0 Å². The number of rotatable bonds is 19. The zero-order valence-corrected chi connectivity index (χ0v) is 23.8. The molecule has 0 heterocycles. The summed E-state index contributed by atoms with van der Waals surface area (Å²) in [4.78, 5) is 2.99. The largest absolute Gasteiger partial charge is 0.222 e. The minimum Gasteiger partial charge on any atom is -0.222 e. The first-order chi connectivity index (χ1) is 17.4. The van der Waals surface area contributed by atoms with Crippen LogP contribution in [0, 0.1) is 10.2 Å². The highest BCUT2D eigenvalue weighted by atomic mass is 35.7. The number of halogens is 1. The van der Waals surface area contributed by atoms with E-state index in [0.29, 0.717) is 0 Å². The normalized spacial score (nSPS) is 11.4. The number of unbranched alkanes of at least 4 members (excludes halogenated alkanes) is 15. The summed E-state index contributed by atoms with van der Waals surface area (Å²) >= 11 is 0. The van der Waals surface area contributed by atoms with Gasteiger partial charge in [0.15, 0.2) is 9.79 Å². The van der Waals surface area contributed by atoms with Gasteiger partial charge in [-0.1, -0.05) is 133 Å². The van der Waals surface area contributed by atoms with E-state index in [-0.39, 0.29) is 10.9 Å².